The van der Waals surface area contributed by atoms with Gasteiger partial charge in [-0.15, -0.1) is 0 Å². The van der Waals surface area contributed by atoms with Crippen molar-refractivity contribution >= 4 is 17.5 Å². The Morgan fingerprint density at radius 3 is 2.54 bits per heavy atom. The predicted octanol–water partition coefficient (Wildman–Crippen LogP) is 3.08. The van der Waals surface area contributed by atoms with Crippen molar-refractivity contribution in [2.45, 2.75) is 20.0 Å². The van der Waals surface area contributed by atoms with E-state index >= 15 is 0 Å². The van der Waals surface area contributed by atoms with Crippen LogP contribution in [0.2, 0.25) is 0 Å². The predicted molar refractivity (Wildman–Crippen MR) is 89.8 cm³/mol. The van der Waals surface area contributed by atoms with Crippen molar-refractivity contribution in [3.05, 3.63) is 47.3 Å². The van der Waals surface area contributed by atoms with Crippen LogP contribution in [0.5, 0.6) is 0 Å². The number of benzene rings is 1. The second-order valence-corrected chi connectivity index (χ2v) is 6.17. The number of hydrogen-bond acceptors (Lipinski definition) is 3. The van der Waals surface area contributed by atoms with Gasteiger partial charge in [-0.25, -0.2) is 0 Å². The smallest absolute Gasteiger partial charge is 0.350 e. The van der Waals surface area contributed by atoms with Gasteiger partial charge in [-0.3, -0.25) is 14.3 Å². The van der Waals surface area contributed by atoms with Crippen molar-refractivity contribution in [2.24, 2.45) is 13.0 Å². The van der Waals surface area contributed by atoms with E-state index in [2.05, 4.69) is 15.7 Å². The number of anilines is 1. The highest BCUT2D eigenvalue weighted by atomic mass is 19.4. The molecule has 0 unspecified atom stereocenters. The molecule has 1 heterocycles. The number of nitrogens with zero attached hydrogens (tertiary/aromatic N) is 2. The van der Waals surface area contributed by atoms with Crippen molar-refractivity contribution in [2.75, 3.05) is 11.9 Å². The Labute approximate surface area is 148 Å². The molecule has 2 amide bonds. The van der Waals surface area contributed by atoms with Crippen molar-refractivity contribution in [1.82, 2.24) is 15.1 Å². The molecule has 0 aliphatic carbocycles. The highest BCUT2D eigenvalue weighted by Gasteiger charge is 2.31. The fourth-order valence-corrected chi connectivity index (χ4v) is 2.21. The highest BCUT2D eigenvalue weighted by Crippen LogP contribution is 2.29. The third-order valence-corrected chi connectivity index (χ3v) is 3.52. The summed E-state index contributed by atoms with van der Waals surface area (Å²) in [5, 5.41) is 9.08. The summed E-state index contributed by atoms with van der Waals surface area (Å²) in [6.45, 7) is 4.30. The summed E-state index contributed by atoms with van der Waals surface area (Å²) in [6, 6.07) is 4.05. The lowest BCUT2D eigenvalue weighted by atomic mass is 10.1. The van der Waals surface area contributed by atoms with E-state index < -0.39 is 23.6 Å². The molecule has 26 heavy (non-hydrogen) atoms. The molecule has 140 valence electrons. The number of amides is 2. The molecule has 1 aromatic carbocycles. The minimum absolute atomic E-state index is 0.117. The van der Waals surface area contributed by atoms with Crippen LogP contribution in [0, 0.1) is 5.92 Å². The van der Waals surface area contributed by atoms with Crippen LogP contribution in [0.3, 0.4) is 0 Å². The lowest BCUT2D eigenvalue weighted by Gasteiger charge is -2.11. The van der Waals surface area contributed by atoms with Crippen molar-refractivity contribution in [1.29, 1.82) is 0 Å². The zero-order chi connectivity index (χ0) is 19.5. The van der Waals surface area contributed by atoms with Gasteiger partial charge in [-0.1, -0.05) is 19.9 Å². The number of aryl methyl sites for hydroxylation is 1. The van der Waals surface area contributed by atoms with E-state index in [0.29, 0.717) is 6.54 Å². The van der Waals surface area contributed by atoms with E-state index in [1.54, 1.807) is 0 Å². The molecule has 0 atom stereocenters. The monoisotopic (exact) mass is 368 g/mol. The fourth-order valence-electron chi connectivity index (χ4n) is 2.21. The third-order valence-electron chi connectivity index (χ3n) is 3.52. The quantitative estimate of drug-likeness (QED) is 0.852. The van der Waals surface area contributed by atoms with E-state index in [1.165, 1.54) is 24.0 Å². The summed E-state index contributed by atoms with van der Waals surface area (Å²) in [7, 11) is 1.53. The number of carbonyl (C=O) groups is 2. The number of alkyl halides is 3. The van der Waals surface area contributed by atoms with Crippen molar-refractivity contribution in [3.63, 3.8) is 0 Å². The largest absolute Gasteiger partial charge is 0.416 e. The number of halogens is 3. The number of aromatic nitrogens is 2. The van der Waals surface area contributed by atoms with E-state index in [4.69, 9.17) is 0 Å². The van der Waals surface area contributed by atoms with Crippen LogP contribution in [0.4, 0.5) is 18.9 Å². The molecule has 2 rings (SSSR count). The molecular formula is C17H19F3N4O2. The molecule has 0 aliphatic rings. The first-order valence-corrected chi connectivity index (χ1v) is 7.88. The average Bonchev–Trinajstić information content (AvgIpc) is 2.92. The van der Waals surface area contributed by atoms with E-state index in [9.17, 15) is 22.8 Å². The number of nitrogens with one attached hydrogen (secondary N) is 2. The van der Waals surface area contributed by atoms with Gasteiger partial charge in [0.05, 0.1) is 17.4 Å². The van der Waals surface area contributed by atoms with Gasteiger partial charge in [0.1, 0.15) is 5.69 Å². The molecule has 9 heteroatoms. The number of rotatable bonds is 5. The highest BCUT2D eigenvalue weighted by molar-refractivity contribution is 6.08. The van der Waals surface area contributed by atoms with Crippen LogP contribution in [0.25, 0.3) is 0 Å². The SMILES string of the molecule is CC(C)CNC(=O)c1c(NC(=O)c2cccc(C(F)(F)F)c2)cnn1C. The van der Waals surface area contributed by atoms with Crippen LogP contribution in [0.1, 0.15) is 40.3 Å². The van der Waals surface area contributed by atoms with Gasteiger partial charge < -0.3 is 10.6 Å². The molecule has 0 saturated carbocycles. The second-order valence-electron chi connectivity index (χ2n) is 6.17. The van der Waals surface area contributed by atoms with Crippen LogP contribution >= 0.6 is 0 Å². The Bertz CT molecular complexity index is 813. The van der Waals surface area contributed by atoms with Crippen LogP contribution in [-0.2, 0) is 13.2 Å². The van der Waals surface area contributed by atoms with Crippen LogP contribution in [-0.4, -0.2) is 28.1 Å². The molecule has 2 aromatic rings. The fraction of sp³-hybridized carbons (Fsp3) is 0.353. The van der Waals surface area contributed by atoms with Gasteiger partial charge in [0.2, 0.25) is 0 Å². The summed E-state index contributed by atoms with van der Waals surface area (Å²) in [6.07, 6.45) is -3.28. The molecule has 0 radical (unpaired) electrons. The summed E-state index contributed by atoms with van der Waals surface area (Å²) in [4.78, 5) is 24.6. The Morgan fingerprint density at radius 2 is 1.92 bits per heavy atom. The molecule has 6 nitrogen and oxygen atoms in total. The molecule has 0 saturated heterocycles. The summed E-state index contributed by atoms with van der Waals surface area (Å²) < 4.78 is 39.6. The van der Waals surface area contributed by atoms with Crippen molar-refractivity contribution < 1.29 is 22.8 Å². The van der Waals surface area contributed by atoms with E-state index in [0.717, 1.165) is 18.2 Å². The normalized spacial score (nSPS) is 11.5. The molecule has 1 aromatic heterocycles. The minimum Gasteiger partial charge on any atom is -0.350 e. The maximum Gasteiger partial charge on any atom is 0.416 e. The van der Waals surface area contributed by atoms with Gasteiger partial charge in [0.15, 0.2) is 0 Å². The third kappa shape index (κ3) is 4.62. The standard InChI is InChI=1S/C17H19F3N4O2/c1-10(2)8-21-16(26)14-13(9-22-24(14)3)23-15(25)11-5-4-6-12(7-11)17(18,19)20/h4-7,9-10H,8H2,1-3H3,(H,21,26)(H,23,25). The van der Waals surface area contributed by atoms with Gasteiger partial charge in [0.25, 0.3) is 11.8 Å². The Morgan fingerprint density at radius 1 is 1.23 bits per heavy atom. The Balaban J connectivity index is 2.21. The lowest BCUT2D eigenvalue weighted by molar-refractivity contribution is -0.137. The Hall–Kier alpha value is -2.84. The maximum atomic E-state index is 12.8. The first kappa shape index (κ1) is 19.5. The topological polar surface area (TPSA) is 76.0 Å². The van der Waals surface area contributed by atoms with Crippen LogP contribution in [0.15, 0.2) is 30.5 Å². The van der Waals surface area contributed by atoms with Gasteiger partial charge in [-0.05, 0) is 24.1 Å². The second kappa shape index (κ2) is 7.59. The minimum atomic E-state index is -4.55. The number of hydrogen-bond donors (Lipinski definition) is 2. The van der Waals surface area contributed by atoms with E-state index in [-0.39, 0.29) is 22.9 Å². The maximum absolute atomic E-state index is 12.8. The van der Waals surface area contributed by atoms with Crippen molar-refractivity contribution in [3.8, 4) is 0 Å². The zero-order valence-electron chi connectivity index (χ0n) is 14.5. The summed E-state index contributed by atoms with van der Waals surface area (Å²) in [5.41, 5.74) is -0.856. The molecular weight excluding hydrogens is 349 g/mol. The first-order chi connectivity index (χ1) is 12.1. The summed E-state index contributed by atoms with van der Waals surface area (Å²) >= 11 is 0. The molecule has 0 bridgehead atoms. The number of carbonyl (C=O) groups excluding carboxylic acids is 2. The van der Waals surface area contributed by atoms with Gasteiger partial charge >= 0.3 is 6.18 Å². The molecule has 0 spiro atoms. The average molecular weight is 368 g/mol. The molecule has 2 N–H and O–H groups in total. The summed E-state index contributed by atoms with van der Waals surface area (Å²) in [5.74, 6) is -0.963. The lowest BCUT2D eigenvalue weighted by Crippen LogP contribution is -2.30. The molecule has 0 aliphatic heterocycles. The van der Waals surface area contributed by atoms with Gasteiger partial charge in [0, 0.05) is 19.2 Å². The zero-order valence-corrected chi connectivity index (χ0v) is 14.5. The Kier molecular flexibility index (Phi) is 5.69. The molecule has 0 fully saturated rings. The van der Waals surface area contributed by atoms with E-state index in [1.807, 2.05) is 13.8 Å². The first-order valence-electron chi connectivity index (χ1n) is 7.88. The van der Waals surface area contributed by atoms with Crippen LogP contribution < -0.4 is 10.6 Å². The van der Waals surface area contributed by atoms with Gasteiger partial charge in [-0.2, -0.15) is 18.3 Å².